The normalized spacial score (nSPS) is 13.6. The number of imidazole rings is 1. The molecule has 4 rings (SSSR count). The molecule has 1 N–H and O–H groups in total. The Bertz CT molecular complexity index is 1540. The molecule has 0 aliphatic carbocycles. The number of ether oxygens (including phenoxy) is 2. The number of alkyl halides is 1. The average Bonchev–Trinajstić information content (AvgIpc) is 3.36. The fourth-order valence-electron chi connectivity index (χ4n) is 4.36. The minimum atomic E-state index is -1.37. The number of aromatic nitrogens is 2. The molecule has 14 heteroatoms. The number of anilines is 1. The molecular weight excluding hydrogens is 591 g/mol. The van der Waals surface area contributed by atoms with E-state index in [2.05, 4.69) is 15.0 Å². The number of halogens is 4. The van der Waals surface area contributed by atoms with Gasteiger partial charge in [-0.05, 0) is 50.6 Å². The Hall–Kier alpha value is -4.26. The van der Waals surface area contributed by atoms with Crippen molar-refractivity contribution >= 4 is 35.2 Å². The lowest BCUT2D eigenvalue weighted by Gasteiger charge is -2.36. The van der Waals surface area contributed by atoms with Crippen LogP contribution < -0.4 is 10.1 Å². The number of carbonyl (C=O) groups excluding carboxylic acids is 3. The van der Waals surface area contributed by atoms with Gasteiger partial charge in [0.25, 0.3) is 11.8 Å². The van der Waals surface area contributed by atoms with Crippen LogP contribution in [0, 0.1) is 11.6 Å². The van der Waals surface area contributed by atoms with Crippen LogP contribution in [0.3, 0.4) is 0 Å². The molecule has 2 heterocycles. The molecule has 0 unspecified atom stereocenters. The molecule has 0 atom stereocenters. The summed E-state index contributed by atoms with van der Waals surface area (Å²) in [6.07, 6.45) is 1.45. The minimum Gasteiger partial charge on any atom is -0.460 e. The highest BCUT2D eigenvalue weighted by molar-refractivity contribution is 6.34. The van der Waals surface area contributed by atoms with Crippen molar-refractivity contribution in [2.24, 2.45) is 7.05 Å². The predicted molar refractivity (Wildman–Crippen MR) is 153 cm³/mol. The Morgan fingerprint density at radius 3 is 2.35 bits per heavy atom. The first-order chi connectivity index (χ1) is 20.4. The summed E-state index contributed by atoms with van der Waals surface area (Å²) in [7, 11) is 1.44. The van der Waals surface area contributed by atoms with Crippen LogP contribution in [0.15, 0.2) is 36.5 Å². The topological polar surface area (TPSA) is 106 Å². The molecule has 10 nitrogen and oxygen atoms in total. The summed E-state index contributed by atoms with van der Waals surface area (Å²) in [5.41, 5.74) is -0.197. The van der Waals surface area contributed by atoms with Gasteiger partial charge in [0, 0.05) is 44.5 Å². The molecule has 0 radical (unpaired) electrons. The third-order valence-corrected chi connectivity index (χ3v) is 7.53. The van der Waals surface area contributed by atoms with E-state index >= 15 is 0 Å². The number of hydrogen-bond donors (Lipinski definition) is 1. The number of amides is 3. The van der Waals surface area contributed by atoms with Crippen molar-refractivity contribution in [1.29, 1.82) is 0 Å². The first kappa shape index (κ1) is 31.7. The summed E-state index contributed by atoms with van der Waals surface area (Å²) < 4.78 is 52.5. The zero-order chi connectivity index (χ0) is 31.5. The molecule has 3 amide bonds. The van der Waals surface area contributed by atoms with Crippen molar-refractivity contribution in [3.05, 3.63) is 64.6 Å². The molecule has 1 fully saturated rings. The Morgan fingerprint density at radius 2 is 1.72 bits per heavy atom. The lowest BCUT2D eigenvalue weighted by molar-refractivity contribution is 0.00279. The van der Waals surface area contributed by atoms with Gasteiger partial charge in [-0.1, -0.05) is 18.5 Å². The minimum absolute atomic E-state index is 0.0924. The lowest BCUT2D eigenvalue weighted by Crippen LogP contribution is -2.51. The van der Waals surface area contributed by atoms with Crippen molar-refractivity contribution in [3.8, 4) is 17.0 Å². The van der Waals surface area contributed by atoms with Gasteiger partial charge in [0.2, 0.25) is 12.7 Å². The number of hydrogen-bond acceptors (Lipinski definition) is 6. The predicted octanol–water partition coefficient (Wildman–Crippen LogP) is 5.66. The van der Waals surface area contributed by atoms with Gasteiger partial charge in [-0.2, -0.15) is 4.39 Å². The van der Waals surface area contributed by atoms with Gasteiger partial charge in [-0.25, -0.2) is 18.6 Å². The third-order valence-electron chi connectivity index (χ3n) is 7.22. The van der Waals surface area contributed by atoms with Gasteiger partial charge < -0.3 is 29.2 Å². The molecule has 3 aromatic rings. The van der Waals surface area contributed by atoms with Crippen LogP contribution in [-0.4, -0.2) is 75.9 Å². The van der Waals surface area contributed by atoms with Crippen molar-refractivity contribution in [3.63, 3.8) is 0 Å². The van der Waals surface area contributed by atoms with Crippen molar-refractivity contribution in [2.75, 3.05) is 38.4 Å². The van der Waals surface area contributed by atoms with E-state index in [1.54, 1.807) is 9.80 Å². The second kappa shape index (κ2) is 12.9. The zero-order valence-corrected chi connectivity index (χ0v) is 24.8. The largest absolute Gasteiger partial charge is 0.460 e. The van der Waals surface area contributed by atoms with Gasteiger partial charge in [0.05, 0.1) is 22.5 Å². The van der Waals surface area contributed by atoms with E-state index in [4.69, 9.17) is 16.3 Å². The van der Waals surface area contributed by atoms with Crippen LogP contribution >= 0.6 is 11.6 Å². The van der Waals surface area contributed by atoms with E-state index < -0.39 is 41.8 Å². The van der Waals surface area contributed by atoms with Gasteiger partial charge in [0.1, 0.15) is 5.60 Å². The van der Waals surface area contributed by atoms with E-state index in [0.717, 1.165) is 6.07 Å². The summed E-state index contributed by atoms with van der Waals surface area (Å²) in [4.78, 5) is 45.7. The van der Waals surface area contributed by atoms with Gasteiger partial charge >= 0.3 is 6.09 Å². The zero-order valence-electron chi connectivity index (χ0n) is 24.0. The number of piperazine rings is 1. The smallest absolute Gasteiger partial charge is 0.410 e. The number of carbonyl (C=O) groups is 3. The second-order valence-corrected chi connectivity index (χ2v) is 10.8. The average molecular weight is 622 g/mol. The maximum atomic E-state index is 14.6. The third kappa shape index (κ3) is 6.87. The Balaban J connectivity index is 1.41. The standard InChI is InChI=1S/C29H31ClF3N5O5/c1-5-29(2,3)43-28(41)38-12-10-37(11-13-38)27(40)18-7-6-17(14-20(18)30)35-26(39)25-34-15-21(36(25)4)19-8-9-22(42-16-31)24(33)23(19)32/h6-9,14-15H,5,10-13,16H2,1-4H3,(H,35,39). The summed E-state index contributed by atoms with van der Waals surface area (Å²) in [5.74, 6) is -4.34. The van der Waals surface area contributed by atoms with E-state index in [0.29, 0.717) is 32.6 Å². The molecule has 1 saturated heterocycles. The summed E-state index contributed by atoms with van der Waals surface area (Å²) in [5, 5.41) is 2.72. The molecule has 2 aromatic carbocycles. The van der Waals surface area contributed by atoms with Gasteiger partial charge in [0.15, 0.2) is 17.4 Å². The van der Waals surface area contributed by atoms with Crippen molar-refractivity contribution in [1.82, 2.24) is 19.4 Å². The fourth-order valence-corrected chi connectivity index (χ4v) is 4.62. The molecule has 1 aliphatic heterocycles. The molecule has 230 valence electrons. The molecule has 1 aliphatic rings. The van der Waals surface area contributed by atoms with Crippen molar-refractivity contribution in [2.45, 2.75) is 32.8 Å². The number of rotatable bonds is 8. The molecule has 1 aromatic heterocycles. The molecule has 0 spiro atoms. The van der Waals surface area contributed by atoms with E-state index in [9.17, 15) is 27.6 Å². The summed E-state index contributed by atoms with van der Waals surface area (Å²) >= 11 is 6.41. The number of benzene rings is 2. The van der Waals surface area contributed by atoms with Crippen LogP contribution in [0.25, 0.3) is 11.3 Å². The Morgan fingerprint density at radius 1 is 1.05 bits per heavy atom. The van der Waals surface area contributed by atoms with Crippen molar-refractivity contribution < 1.29 is 37.0 Å². The fraction of sp³-hybridized carbons (Fsp3) is 0.379. The van der Waals surface area contributed by atoms with Crippen LogP contribution in [-0.2, 0) is 11.8 Å². The van der Waals surface area contributed by atoms with Crippen LogP contribution in [0.2, 0.25) is 5.02 Å². The molecule has 0 saturated carbocycles. The first-order valence-corrected chi connectivity index (χ1v) is 13.8. The SMILES string of the molecule is CCC(C)(C)OC(=O)N1CCN(C(=O)c2ccc(NC(=O)c3ncc(-c4ccc(OCF)c(F)c4F)n3C)cc2Cl)CC1. The Labute approximate surface area is 251 Å². The van der Waals surface area contributed by atoms with Crippen LogP contribution in [0.1, 0.15) is 48.2 Å². The number of nitrogens with zero attached hydrogens (tertiary/aromatic N) is 4. The summed E-state index contributed by atoms with van der Waals surface area (Å²) in [6, 6.07) is 6.66. The van der Waals surface area contributed by atoms with Gasteiger partial charge in [-0.3, -0.25) is 9.59 Å². The van der Waals surface area contributed by atoms with E-state index in [1.807, 2.05) is 20.8 Å². The number of nitrogens with one attached hydrogen (secondary N) is 1. The first-order valence-electron chi connectivity index (χ1n) is 13.4. The Kier molecular flexibility index (Phi) is 9.53. The van der Waals surface area contributed by atoms with Crippen LogP contribution in [0.4, 0.5) is 23.7 Å². The molecular formula is C29H31ClF3N5O5. The molecule has 0 bridgehead atoms. The highest BCUT2D eigenvalue weighted by Crippen LogP contribution is 2.30. The second-order valence-electron chi connectivity index (χ2n) is 10.4. The van der Waals surface area contributed by atoms with E-state index in [1.165, 1.54) is 42.1 Å². The lowest BCUT2D eigenvalue weighted by atomic mass is 10.1. The van der Waals surface area contributed by atoms with Gasteiger partial charge in [-0.15, -0.1) is 0 Å². The highest BCUT2D eigenvalue weighted by Gasteiger charge is 2.30. The monoisotopic (exact) mass is 621 g/mol. The van der Waals surface area contributed by atoms with E-state index in [-0.39, 0.29) is 39.3 Å². The van der Waals surface area contributed by atoms with Crippen LogP contribution in [0.5, 0.6) is 5.75 Å². The highest BCUT2D eigenvalue weighted by atomic mass is 35.5. The summed E-state index contributed by atoms with van der Waals surface area (Å²) in [6.45, 7) is 5.51. The quantitative estimate of drug-likeness (QED) is 0.348. The maximum absolute atomic E-state index is 14.6. The maximum Gasteiger partial charge on any atom is 0.410 e. The molecule has 43 heavy (non-hydrogen) atoms.